The number of fused-ring (bicyclic) bond motifs is 2. The second kappa shape index (κ2) is 22.3. The van der Waals surface area contributed by atoms with Gasteiger partial charge in [0.15, 0.2) is 40.6 Å². The van der Waals surface area contributed by atoms with Crippen LogP contribution in [0.2, 0.25) is 0 Å². The number of allylic oxidation sites excluding steroid dienone is 8. The molecule has 0 saturated carbocycles. The quantitative estimate of drug-likeness (QED) is 0.0140. The number of benzene rings is 2. The molecule has 0 aromatic heterocycles. The molecule has 372 valence electrons. The van der Waals surface area contributed by atoms with E-state index >= 15 is 17.6 Å². The van der Waals surface area contributed by atoms with Crippen LogP contribution < -0.4 is 4.90 Å². The van der Waals surface area contributed by atoms with Gasteiger partial charge in [-0.25, -0.2) is 30.7 Å². The van der Waals surface area contributed by atoms with Gasteiger partial charge in [0, 0.05) is 42.1 Å². The van der Waals surface area contributed by atoms with E-state index in [1.165, 1.54) is 61.0 Å². The number of carboxylic acids is 1. The van der Waals surface area contributed by atoms with Gasteiger partial charge in [0.25, 0.3) is 36.0 Å². The third-order valence-corrected chi connectivity index (χ3v) is 14.2. The van der Waals surface area contributed by atoms with E-state index in [2.05, 4.69) is 0 Å². The third kappa shape index (κ3) is 13.4. The fourth-order valence-electron chi connectivity index (χ4n) is 8.65. The summed E-state index contributed by atoms with van der Waals surface area (Å²) in [6, 6.07) is 0. The number of unbranched alkanes of at least 4 members (excludes halogenated alkanes) is 5. The SMILES string of the molecule is CC1(CCCCS(=O)(=O)O)C(/C=C/C=C/C=C/C=C2/N(CCCCS(=O)(=O)O)c3c(F)c(F)c(F)c(F)c3C2(C)CCCCS(=O)(=O)O)=[N+](CCCCCC(=O)O)c2c(F)c(F)c(F)c(F)c21. The number of carboxylic acid groups (broad SMARTS) is 1. The van der Waals surface area contributed by atoms with Crippen LogP contribution in [0.3, 0.4) is 0 Å². The molecule has 0 radical (unpaired) electrons. The first kappa shape index (κ1) is 55.1. The van der Waals surface area contributed by atoms with Crippen LogP contribution >= 0.6 is 0 Å². The molecule has 0 fully saturated rings. The Labute approximate surface area is 383 Å². The van der Waals surface area contributed by atoms with Crippen molar-refractivity contribution >= 4 is 53.4 Å². The van der Waals surface area contributed by atoms with Gasteiger partial charge in [-0.3, -0.25) is 18.5 Å². The minimum absolute atomic E-state index is 0.0270. The molecule has 2 unspecified atom stereocenters. The molecule has 0 aliphatic carbocycles. The molecule has 0 saturated heterocycles. The zero-order chi connectivity index (χ0) is 50.3. The van der Waals surface area contributed by atoms with Gasteiger partial charge < -0.3 is 10.0 Å². The van der Waals surface area contributed by atoms with Gasteiger partial charge in [-0.05, 0) is 71.3 Å². The molecule has 13 nitrogen and oxygen atoms in total. The van der Waals surface area contributed by atoms with Gasteiger partial charge in [0.1, 0.15) is 6.54 Å². The Hall–Kier alpha value is -4.49. The van der Waals surface area contributed by atoms with Crippen LogP contribution in [0.5, 0.6) is 0 Å². The normalized spacial score (nSPS) is 19.6. The van der Waals surface area contributed by atoms with E-state index in [0.717, 1.165) is 4.90 Å². The summed E-state index contributed by atoms with van der Waals surface area (Å²) in [5.41, 5.74) is -5.64. The lowest BCUT2D eigenvalue weighted by atomic mass is 9.75. The number of hydrogen-bond acceptors (Lipinski definition) is 8. The smallest absolute Gasteiger partial charge is 0.303 e. The average molecular weight is 1020 g/mol. The first-order valence-electron chi connectivity index (χ1n) is 21.0. The number of aliphatic carboxylic acids is 1. The average Bonchev–Trinajstić information content (AvgIpc) is 3.61. The van der Waals surface area contributed by atoms with Crippen molar-refractivity contribution in [2.45, 2.75) is 102 Å². The van der Waals surface area contributed by atoms with Gasteiger partial charge in [0.2, 0.25) is 11.6 Å². The van der Waals surface area contributed by atoms with Crippen molar-refractivity contribution in [1.29, 1.82) is 0 Å². The lowest BCUT2D eigenvalue weighted by Crippen LogP contribution is -2.32. The molecule has 4 N–H and O–H groups in total. The fourth-order valence-corrected chi connectivity index (χ4v) is 10.4. The van der Waals surface area contributed by atoms with Crippen LogP contribution in [-0.2, 0) is 46.0 Å². The summed E-state index contributed by atoms with van der Waals surface area (Å²) in [6.07, 6.45) is 9.07. The Morgan fingerprint density at radius 1 is 0.567 bits per heavy atom. The van der Waals surface area contributed by atoms with Crippen LogP contribution in [-0.4, -0.2) is 90.6 Å². The van der Waals surface area contributed by atoms with Crippen molar-refractivity contribution in [2.24, 2.45) is 0 Å². The molecule has 0 spiro atoms. The summed E-state index contributed by atoms with van der Waals surface area (Å²) in [5, 5.41) is 9.04. The van der Waals surface area contributed by atoms with Crippen molar-refractivity contribution < 1.29 is 88.5 Å². The molecule has 2 aromatic rings. The van der Waals surface area contributed by atoms with Gasteiger partial charge in [-0.15, -0.1) is 0 Å². The predicted molar refractivity (Wildman–Crippen MR) is 232 cm³/mol. The number of anilines is 1. The lowest BCUT2D eigenvalue weighted by Gasteiger charge is -2.30. The fraction of sp³-hybridized carbons (Fsp3) is 0.488. The standard InChI is InChI=1S/C43H50F8N2O11S3/c1-42(20-10-14-24-65(56,57)58)27(52(22-12-6-9-19-29(54)55)40-30(42)32(44)34(46)36(48)38(40)50)17-7-4-3-5-8-18-28-43(2,21-11-15-25-66(59,60)61)31-33(45)35(47)37(49)39(51)41(31)53(28)23-13-16-26-67(62,63)64/h3-5,7-8,17-18H,6,9-16,19-26H2,1-2H3,(H3-,54,55,56,57,58,59,60,61,62,63,64)/p+1. The summed E-state index contributed by atoms with van der Waals surface area (Å²) in [4.78, 5) is 12.2. The van der Waals surface area contributed by atoms with E-state index in [4.69, 9.17) is 5.11 Å². The number of halogens is 8. The van der Waals surface area contributed by atoms with Crippen LogP contribution in [0.15, 0.2) is 48.2 Å². The van der Waals surface area contributed by atoms with Gasteiger partial charge >= 0.3 is 5.97 Å². The van der Waals surface area contributed by atoms with E-state index in [9.17, 15) is 61.3 Å². The topological polar surface area (TPSA) is 207 Å². The number of rotatable bonds is 25. The maximum atomic E-state index is 15.8. The van der Waals surface area contributed by atoms with Crippen molar-refractivity contribution in [3.8, 4) is 0 Å². The van der Waals surface area contributed by atoms with Gasteiger partial charge in [-0.1, -0.05) is 43.2 Å². The Kier molecular flexibility index (Phi) is 18.3. The highest BCUT2D eigenvalue weighted by atomic mass is 32.2. The molecule has 2 aromatic carbocycles. The maximum absolute atomic E-state index is 15.8. The summed E-state index contributed by atoms with van der Waals surface area (Å²) < 4.78 is 219. The Balaban J connectivity index is 1.78. The van der Waals surface area contributed by atoms with Crippen LogP contribution in [0.1, 0.15) is 102 Å². The van der Waals surface area contributed by atoms with Crippen LogP contribution in [0.25, 0.3) is 0 Å². The van der Waals surface area contributed by atoms with E-state index < -0.39 is 133 Å². The van der Waals surface area contributed by atoms with Gasteiger partial charge in [0.05, 0.1) is 33.9 Å². The Bertz CT molecular complexity index is 2730. The largest absolute Gasteiger partial charge is 0.481 e. The van der Waals surface area contributed by atoms with Crippen molar-refractivity contribution in [2.75, 3.05) is 35.2 Å². The van der Waals surface area contributed by atoms with Crippen LogP contribution in [0, 0.1) is 46.5 Å². The lowest BCUT2D eigenvalue weighted by molar-refractivity contribution is -0.441. The summed E-state index contributed by atoms with van der Waals surface area (Å²) >= 11 is 0. The van der Waals surface area contributed by atoms with Crippen molar-refractivity contribution in [1.82, 2.24) is 0 Å². The predicted octanol–water partition coefficient (Wildman–Crippen LogP) is 8.92. The summed E-state index contributed by atoms with van der Waals surface area (Å²) in [5.74, 6) is -18.5. The van der Waals surface area contributed by atoms with E-state index in [1.807, 2.05) is 0 Å². The Morgan fingerprint density at radius 3 is 1.60 bits per heavy atom. The van der Waals surface area contributed by atoms with Crippen molar-refractivity contribution in [3.05, 3.63) is 106 Å². The van der Waals surface area contributed by atoms with Gasteiger partial charge in [-0.2, -0.15) is 34.2 Å². The summed E-state index contributed by atoms with van der Waals surface area (Å²) in [7, 11) is -13.3. The zero-order valence-electron chi connectivity index (χ0n) is 36.4. The highest BCUT2D eigenvalue weighted by molar-refractivity contribution is 7.86. The molecular formula is C43H51F8N2O11S3+. The Morgan fingerprint density at radius 2 is 1.04 bits per heavy atom. The minimum Gasteiger partial charge on any atom is -0.481 e. The van der Waals surface area contributed by atoms with Crippen LogP contribution in [0.4, 0.5) is 46.5 Å². The highest BCUT2D eigenvalue weighted by Crippen LogP contribution is 2.54. The minimum atomic E-state index is -4.44. The maximum Gasteiger partial charge on any atom is 0.303 e. The summed E-state index contributed by atoms with van der Waals surface area (Å²) in [6.45, 7) is 2.36. The molecule has 2 aliphatic heterocycles. The van der Waals surface area contributed by atoms with E-state index in [0.29, 0.717) is 0 Å². The van der Waals surface area contributed by atoms with E-state index in [1.54, 1.807) is 0 Å². The number of hydrogen-bond donors (Lipinski definition) is 4. The molecule has 0 amide bonds. The number of nitrogens with zero attached hydrogens (tertiary/aromatic N) is 2. The molecule has 2 heterocycles. The monoisotopic (exact) mass is 1020 g/mol. The zero-order valence-corrected chi connectivity index (χ0v) is 38.8. The molecule has 4 rings (SSSR count). The molecule has 0 bridgehead atoms. The highest BCUT2D eigenvalue weighted by Gasteiger charge is 2.53. The molecule has 2 atom stereocenters. The molecule has 24 heteroatoms. The molecule has 2 aliphatic rings. The molecular weight excluding hydrogens is 969 g/mol. The second-order valence-corrected chi connectivity index (χ2v) is 21.4. The number of carbonyl (C=O) groups is 1. The third-order valence-electron chi connectivity index (χ3n) is 11.8. The molecule has 67 heavy (non-hydrogen) atoms. The second-order valence-electron chi connectivity index (χ2n) is 16.7. The van der Waals surface area contributed by atoms with Crippen molar-refractivity contribution in [3.63, 3.8) is 0 Å². The first-order chi connectivity index (χ1) is 31.1. The first-order valence-corrected chi connectivity index (χ1v) is 25.8. The van der Waals surface area contributed by atoms with E-state index in [-0.39, 0.29) is 102 Å².